The fourth-order valence-electron chi connectivity index (χ4n) is 4.92. The minimum Gasteiger partial charge on any atom is -0.293 e. The Kier molecular flexibility index (Phi) is 5.21. The summed E-state index contributed by atoms with van der Waals surface area (Å²) >= 11 is 0. The van der Waals surface area contributed by atoms with Crippen LogP contribution in [0.4, 0.5) is 0 Å². The highest BCUT2D eigenvalue weighted by molar-refractivity contribution is 4.97. The Morgan fingerprint density at radius 1 is 0.900 bits per heavy atom. The minimum atomic E-state index is 0.397. The van der Waals surface area contributed by atoms with Gasteiger partial charge in [-0.2, -0.15) is 0 Å². The average molecular weight is 280 g/mol. The maximum Gasteiger partial charge on any atom is 0.0158 e. The average Bonchev–Trinajstić information content (AvgIpc) is 2.37. The zero-order valence-corrected chi connectivity index (χ0v) is 14.7. The van der Waals surface area contributed by atoms with E-state index in [-0.39, 0.29) is 0 Å². The van der Waals surface area contributed by atoms with Gasteiger partial charge >= 0.3 is 0 Å². The lowest BCUT2D eigenvalue weighted by molar-refractivity contribution is -0.0317. The standard InChI is InChI=1S/C19H37N/c1-16(17-10-7-6-8-11-17)12-15-20-18(2,3)13-9-14-19(20,4)5/h16-17H,6-15H2,1-5H3. The molecule has 1 atom stereocenters. The van der Waals surface area contributed by atoms with E-state index in [2.05, 4.69) is 39.5 Å². The first-order valence-corrected chi connectivity index (χ1v) is 9.11. The maximum absolute atomic E-state index is 2.82. The summed E-state index contributed by atoms with van der Waals surface area (Å²) in [5, 5.41) is 0. The molecule has 2 rings (SSSR count). The maximum atomic E-state index is 2.82. The first-order valence-electron chi connectivity index (χ1n) is 9.11. The van der Waals surface area contributed by atoms with E-state index in [0.717, 1.165) is 11.8 Å². The van der Waals surface area contributed by atoms with E-state index in [9.17, 15) is 0 Å². The van der Waals surface area contributed by atoms with Crippen molar-refractivity contribution in [2.75, 3.05) is 6.54 Å². The summed E-state index contributed by atoms with van der Waals surface area (Å²) in [6.45, 7) is 13.6. The molecule has 0 bridgehead atoms. The molecule has 1 unspecified atom stereocenters. The second-order valence-electron chi connectivity index (χ2n) is 8.79. The second-order valence-corrected chi connectivity index (χ2v) is 8.79. The van der Waals surface area contributed by atoms with Gasteiger partial charge in [-0.1, -0.05) is 39.0 Å². The van der Waals surface area contributed by atoms with Gasteiger partial charge in [0.15, 0.2) is 0 Å². The first kappa shape index (κ1) is 16.3. The van der Waals surface area contributed by atoms with Gasteiger partial charge in [0.2, 0.25) is 0 Å². The summed E-state index contributed by atoms with van der Waals surface area (Å²) in [6.07, 6.45) is 13.0. The van der Waals surface area contributed by atoms with E-state index in [1.807, 2.05) is 0 Å². The second kappa shape index (κ2) is 6.38. The molecule has 1 saturated heterocycles. The van der Waals surface area contributed by atoms with Crippen molar-refractivity contribution >= 4 is 0 Å². The Bertz CT molecular complexity index is 283. The molecule has 0 N–H and O–H groups in total. The van der Waals surface area contributed by atoms with Crippen molar-refractivity contribution < 1.29 is 0 Å². The quantitative estimate of drug-likeness (QED) is 0.644. The number of nitrogens with zero attached hydrogens (tertiary/aromatic N) is 1. The molecule has 0 amide bonds. The monoisotopic (exact) mass is 279 g/mol. The van der Waals surface area contributed by atoms with Crippen LogP contribution in [0.25, 0.3) is 0 Å². The third-order valence-electron chi connectivity index (χ3n) is 6.30. The molecule has 0 spiro atoms. The van der Waals surface area contributed by atoms with Crippen LogP contribution in [-0.2, 0) is 0 Å². The first-order chi connectivity index (χ1) is 9.33. The van der Waals surface area contributed by atoms with E-state index in [4.69, 9.17) is 0 Å². The number of likely N-dealkylation sites (tertiary alicyclic amines) is 1. The minimum absolute atomic E-state index is 0.397. The highest BCUT2D eigenvalue weighted by Crippen LogP contribution is 2.39. The van der Waals surface area contributed by atoms with Crippen molar-refractivity contribution in [1.29, 1.82) is 0 Å². The van der Waals surface area contributed by atoms with Crippen molar-refractivity contribution in [1.82, 2.24) is 4.90 Å². The Morgan fingerprint density at radius 2 is 1.45 bits per heavy atom. The number of hydrogen-bond donors (Lipinski definition) is 0. The van der Waals surface area contributed by atoms with Gasteiger partial charge in [-0.05, 0) is 71.8 Å². The molecule has 1 aliphatic carbocycles. The molecule has 1 aliphatic heterocycles. The van der Waals surface area contributed by atoms with Gasteiger partial charge in [-0.15, -0.1) is 0 Å². The summed E-state index contributed by atoms with van der Waals surface area (Å²) in [7, 11) is 0. The molecule has 1 nitrogen and oxygen atoms in total. The fraction of sp³-hybridized carbons (Fsp3) is 1.00. The highest BCUT2D eigenvalue weighted by atomic mass is 15.3. The topological polar surface area (TPSA) is 3.24 Å². The fourth-order valence-corrected chi connectivity index (χ4v) is 4.92. The molecule has 20 heavy (non-hydrogen) atoms. The molecule has 0 radical (unpaired) electrons. The van der Waals surface area contributed by atoms with Crippen molar-refractivity contribution in [3.8, 4) is 0 Å². The van der Waals surface area contributed by atoms with Crippen molar-refractivity contribution in [3.05, 3.63) is 0 Å². The van der Waals surface area contributed by atoms with E-state index in [0.29, 0.717) is 11.1 Å². The lowest BCUT2D eigenvalue weighted by Gasteiger charge is -2.53. The van der Waals surface area contributed by atoms with Crippen LogP contribution in [0.5, 0.6) is 0 Å². The summed E-state index contributed by atoms with van der Waals surface area (Å²) < 4.78 is 0. The number of hydrogen-bond acceptors (Lipinski definition) is 1. The third kappa shape index (κ3) is 3.78. The molecule has 1 heterocycles. The van der Waals surface area contributed by atoms with Gasteiger partial charge in [0.25, 0.3) is 0 Å². The molecule has 0 aromatic rings. The van der Waals surface area contributed by atoms with Crippen molar-refractivity contribution in [3.63, 3.8) is 0 Å². The molecule has 1 heteroatoms. The predicted octanol–water partition coefficient (Wildman–Crippen LogP) is 5.64. The van der Waals surface area contributed by atoms with E-state index >= 15 is 0 Å². The molecular formula is C19H37N. The summed E-state index contributed by atoms with van der Waals surface area (Å²) in [6, 6.07) is 0. The molecule has 2 aliphatic rings. The zero-order valence-electron chi connectivity index (χ0n) is 14.7. The van der Waals surface area contributed by atoms with Gasteiger partial charge in [0.1, 0.15) is 0 Å². The molecule has 1 saturated carbocycles. The Labute approximate surface area is 127 Å². The summed E-state index contributed by atoms with van der Waals surface area (Å²) in [5.41, 5.74) is 0.794. The summed E-state index contributed by atoms with van der Waals surface area (Å²) in [4.78, 5) is 2.82. The van der Waals surface area contributed by atoms with Gasteiger partial charge in [0.05, 0.1) is 0 Å². The van der Waals surface area contributed by atoms with Crippen LogP contribution < -0.4 is 0 Å². The van der Waals surface area contributed by atoms with Crippen molar-refractivity contribution in [2.24, 2.45) is 11.8 Å². The molecule has 0 aromatic carbocycles. The normalized spacial score (nSPS) is 29.2. The lowest BCUT2D eigenvalue weighted by Crippen LogP contribution is -2.58. The van der Waals surface area contributed by atoms with Gasteiger partial charge in [-0.25, -0.2) is 0 Å². The van der Waals surface area contributed by atoms with Gasteiger partial charge in [0, 0.05) is 11.1 Å². The predicted molar refractivity (Wildman–Crippen MR) is 89.1 cm³/mol. The van der Waals surface area contributed by atoms with Crippen LogP contribution in [0.15, 0.2) is 0 Å². The van der Waals surface area contributed by atoms with Gasteiger partial charge < -0.3 is 0 Å². The van der Waals surface area contributed by atoms with E-state index in [1.54, 1.807) is 0 Å². The molecule has 0 aromatic heterocycles. The largest absolute Gasteiger partial charge is 0.293 e. The highest BCUT2D eigenvalue weighted by Gasteiger charge is 2.40. The van der Waals surface area contributed by atoms with Crippen LogP contribution in [0, 0.1) is 11.8 Å². The zero-order chi connectivity index (χ0) is 14.8. The third-order valence-corrected chi connectivity index (χ3v) is 6.30. The molecule has 2 fully saturated rings. The Balaban J connectivity index is 1.90. The van der Waals surface area contributed by atoms with Crippen molar-refractivity contribution in [2.45, 2.75) is 103 Å². The van der Waals surface area contributed by atoms with Crippen LogP contribution >= 0.6 is 0 Å². The number of piperidine rings is 1. The van der Waals surface area contributed by atoms with Crippen LogP contribution in [-0.4, -0.2) is 22.5 Å². The van der Waals surface area contributed by atoms with E-state index in [1.165, 1.54) is 64.3 Å². The summed E-state index contributed by atoms with van der Waals surface area (Å²) in [5.74, 6) is 1.93. The Hall–Kier alpha value is -0.0400. The SMILES string of the molecule is CC(CCN1C(C)(C)CCCC1(C)C)C1CCCCC1. The number of rotatable bonds is 4. The molecule has 118 valence electrons. The Morgan fingerprint density at radius 3 is 2.00 bits per heavy atom. The lowest BCUT2D eigenvalue weighted by atomic mass is 9.77. The molecular weight excluding hydrogens is 242 g/mol. The van der Waals surface area contributed by atoms with E-state index < -0.39 is 0 Å². The van der Waals surface area contributed by atoms with Gasteiger partial charge in [-0.3, -0.25) is 4.90 Å². The van der Waals surface area contributed by atoms with Crippen LogP contribution in [0.1, 0.15) is 92.4 Å². The van der Waals surface area contributed by atoms with Crippen LogP contribution in [0.3, 0.4) is 0 Å². The van der Waals surface area contributed by atoms with Crippen LogP contribution in [0.2, 0.25) is 0 Å². The smallest absolute Gasteiger partial charge is 0.0158 e.